The lowest BCUT2D eigenvalue weighted by atomic mass is 10.2. The SMILES string of the molecule is CC(=O)N(C)c1ccc(NC(=O)c2ccc(OCC(C)C)c(Br)c2)cc1. The Kier molecular flexibility index (Phi) is 6.80. The van der Waals surface area contributed by atoms with E-state index in [0.717, 1.165) is 10.2 Å². The van der Waals surface area contributed by atoms with Crippen LogP contribution in [-0.4, -0.2) is 25.5 Å². The highest BCUT2D eigenvalue weighted by molar-refractivity contribution is 9.10. The maximum absolute atomic E-state index is 12.4. The van der Waals surface area contributed by atoms with Crippen molar-refractivity contribution < 1.29 is 14.3 Å². The Balaban J connectivity index is 2.05. The van der Waals surface area contributed by atoms with Crippen LogP contribution in [0, 0.1) is 5.92 Å². The molecule has 0 aliphatic carbocycles. The van der Waals surface area contributed by atoms with Crippen LogP contribution in [-0.2, 0) is 4.79 Å². The van der Waals surface area contributed by atoms with E-state index in [0.29, 0.717) is 29.5 Å². The molecule has 0 spiro atoms. The number of rotatable bonds is 6. The van der Waals surface area contributed by atoms with Crippen LogP contribution < -0.4 is 15.0 Å². The van der Waals surface area contributed by atoms with Crippen molar-refractivity contribution in [3.8, 4) is 5.75 Å². The second-order valence-corrected chi connectivity index (χ2v) is 7.28. The van der Waals surface area contributed by atoms with Gasteiger partial charge in [0.25, 0.3) is 5.91 Å². The van der Waals surface area contributed by atoms with Gasteiger partial charge in [0.2, 0.25) is 5.91 Å². The summed E-state index contributed by atoms with van der Waals surface area (Å²) in [5.41, 5.74) is 1.95. The van der Waals surface area contributed by atoms with Gasteiger partial charge in [-0.3, -0.25) is 9.59 Å². The number of hydrogen-bond donors (Lipinski definition) is 1. The zero-order valence-corrected chi connectivity index (χ0v) is 17.0. The molecule has 0 fully saturated rings. The molecular weight excluding hydrogens is 396 g/mol. The van der Waals surface area contributed by atoms with Crippen molar-refractivity contribution in [1.82, 2.24) is 0 Å². The Morgan fingerprint density at radius 2 is 1.81 bits per heavy atom. The number of benzene rings is 2. The molecule has 0 unspecified atom stereocenters. The van der Waals surface area contributed by atoms with E-state index in [9.17, 15) is 9.59 Å². The number of amides is 2. The van der Waals surface area contributed by atoms with Crippen LogP contribution in [0.5, 0.6) is 5.75 Å². The Labute approximate surface area is 162 Å². The Bertz CT molecular complexity index is 788. The quantitative estimate of drug-likeness (QED) is 0.737. The van der Waals surface area contributed by atoms with E-state index >= 15 is 0 Å². The second kappa shape index (κ2) is 8.85. The minimum Gasteiger partial charge on any atom is -0.492 e. The maximum atomic E-state index is 12.4. The highest BCUT2D eigenvalue weighted by Crippen LogP contribution is 2.27. The van der Waals surface area contributed by atoms with Crippen LogP contribution in [0.3, 0.4) is 0 Å². The molecule has 2 aromatic rings. The minimum absolute atomic E-state index is 0.0496. The molecule has 0 heterocycles. The number of hydrogen-bond acceptors (Lipinski definition) is 3. The van der Waals surface area contributed by atoms with Crippen molar-refractivity contribution >= 4 is 39.1 Å². The van der Waals surface area contributed by atoms with Crippen LogP contribution >= 0.6 is 15.9 Å². The first-order chi connectivity index (χ1) is 12.3. The summed E-state index contributed by atoms with van der Waals surface area (Å²) < 4.78 is 6.44. The molecule has 0 radical (unpaired) electrons. The smallest absolute Gasteiger partial charge is 0.255 e. The summed E-state index contributed by atoms with van der Waals surface area (Å²) in [4.78, 5) is 25.4. The van der Waals surface area contributed by atoms with Crippen LogP contribution in [0.1, 0.15) is 31.1 Å². The summed E-state index contributed by atoms with van der Waals surface area (Å²) >= 11 is 3.45. The molecule has 0 aliphatic heterocycles. The normalized spacial score (nSPS) is 10.5. The zero-order valence-electron chi connectivity index (χ0n) is 15.4. The summed E-state index contributed by atoms with van der Waals surface area (Å²) in [7, 11) is 1.70. The van der Waals surface area contributed by atoms with Gasteiger partial charge in [-0.05, 0) is 64.3 Å². The fraction of sp³-hybridized carbons (Fsp3) is 0.300. The average Bonchev–Trinajstić information content (AvgIpc) is 2.60. The van der Waals surface area contributed by atoms with Crippen molar-refractivity contribution in [3.63, 3.8) is 0 Å². The van der Waals surface area contributed by atoms with Gasteiger partial charge in [-0.15, -0.1) is 0 Å². The van der Waals surface area contributed by atoms with Gasteiger partial charge in [0.1, 0.15) is 5.75 Å². The first-order valence-corrected chi connectivity index (χ1v) is 9.15. The lowest BCUT2D eigenvalue weighted by molar-refractivity contribution is -0.116. The van der Waals surface area contributed by atoms with Crippen LogP contribution in [0.4, 0.5) is 11.4 Å². The topological polar surface area (TPSA) is 58.6 Å². The van der Waals surface area contributed by atoms with Gasteiger partial charge < -0.3 is 15.0 Å². The maximum Gasteiger partial charge on any atom is 0.255 e. The molecule has 2 aromatic carbocycles. The van der Waals surface area contributed by atoms with Crippen molar-refractivity contribution in [2.75, 3.05) is 23.9 Å². The van der Waals surface area contributed by atoms with E-state index in [1.54, 1.807) is 54.4 Å². The van der Waals surface area contributed by atoms with E-state index in [1.165, 1.54) is 6.92 Å². The minimum atomic E-state index is -0.214. The number of carbonyl (C=O) groups is 2. The Hall–Kier alpha value is -2.34. The fourth-order valence-electron chi connectivity index (χ4n) is 2.17. The van der Waals surface area contributed by atoms with Gasteiger partial charge in [0.15, 0.2) is 0 Å². The zero-order chi connectivity index (χ0) is 19.3. The van der Waals surface area contributed by atoms with Gasteiger partial charge in [-0.1, -0.05) is 13.8 Å². The van der Waals surface area contributed by atoms with Crippen molar-refractivity contribution in [2.45, 2.75) is 20.8 Å². The van der Waals surface area contributed by atoms with E-state index < -0.39 is 0 Å². The number of ether oxygens (including phenoxy) is 1. The van der Waals surface area contributed by atoms with Gasteiger partial charge >= 0.3 is 0 Å². The summed E-state index contributed by atoms with van der Waals surface area (Å²) in [6.07, 6.45) is 0. The molecule has 2 amide bonds. The largest absolute Gasteiger partial charge is 0.492 e. The fourth-order valence-corrected chi connectivity index (χ4v) is 2.66. The third kappa shape index (κ3) is 5.33. The molecule has 138 valence electrons. The summed E-state index contributed by atoms with van der Waals surface area (Å²) in [5, 5.41) is 2.85. The number of nitrogens with one attached hydrogen (secondary N) is 1. The molecule has 0 aromatic heterocycles. The van der Waals surface area contributed by atoms with Crippen molar-refractivity contribution in [2.24, 2.45) is 5.92 Å². The molecule has 0 bridgehead atoms. The Morgan fingerprint density at radius 1 is 1.15 bits per heavy atom. The summed E-state index contributed by atoms with van der Waals surface area (Å²) in [6, 6.07) is 12.4. The number of anilines is 2. The van der Waals surface area contributed by atoms with Gasteiger partial charge in [0, 0.05) is 30.9 Å². The molecular formula is C20H23BrN2O3. The molecule has 5 nitrogen and oxygen atoms in total. The first-order valence-electron chi connectivity index (χ1n) is 8.36. The third-order valence-electron chi connectivity index (χ3n) is 3.75. The number of carbonyl (C=O) groups excluding carboxylic acids is 2. The van der Waals surface area contributed by atoms with E-state index in [-0.39, 0.29) is 11.8 Å². The van der Waals surface area contributed by atoms with Crippen LogP contribution in [0.25, 0.3) is 0 Å². The number of halogens is 1. The first kappa shape index (κ1) is 20.0. The molecule has 0 saturated carbocycles. The van der Waals surface area contributed by atoms with Crippen LogP contribution in [0.2, 0.25) is 0 Å². The second-order valence-electron chi connectivity index (χ2n) is 6.43. The monoisotopic (exact) mass is 418 g/mol. The van der Waals surface area contributed by atoms with E-state index in [2.05, 4.69) is 35.1 Å². The average molecular weight is 419 g/mol. The predicted molar refractivity (Wildman–Crippen MR) is 108 cm³/mol. The molecule has 0 atom stereocenters. The Morgan fingerprint density at radius 3 is 2.35 bits per heavy atom. The molecule has 26 heavy (non-hydrogen) atoms. The van der Waals surface area contributed by atoms with Gasteiger partial charge in [0.05, 0.1) is 11.1 Å². The lowest BCUT2D eigenvalue weighted by Gasteiger charge is -2.15. The van der Waals surface area contributed by atoms with Crippen molar-refractivity contribution in [1.29, 1.82) is 0 Å². The predicted octanol–water partition coefficient (Wildman–Crippen LogP) is 4.72. The molecule has 0 saturated heterocycles. The lowest BCUT2D eigenvalue weighted by Crippen LogP contribution is -2.22. The van der Waals surface area contributed by atoms with Crippen LogP contribution in [0.15, 0.2) is 46.9 Å². The summed E-state index contributed by atoms with van der Waals surface area (Å²) in [5.74, 6) is 0.877. The molecule has 2 rings (SSSR count). The van der Waals surface area contributed by atoms with Gasteiger partial charge in [-0.25, -0.2) is 0 Å². The van der Waals surface area contributed by atoms with E-state index in [4.69, 9.17) is 4.74 Å². The summed E-state index contributed by atoms with van der Waals surface area (Å²) in [6.45, 7) is 6.28. The van der Waals surface area contributed by atoms with Gasteiger partial charge in [-0.2, -0.15) is 0 Å². The highest BCUT2D eigenvalue weighted by atomic mass is 79.9. The molecule has 6 heteroatoms. The number of nitrogens with zero attached hydrogens (tertiary/aromatic N) is 1. The standard InChI is InChI=1S/C20H23BrN2O3/c1-13(2)12-26-19-10-5-15(11-18(19)21)20(25)22-16-6-8-17(9-7-16)23(4)14(3)24/h5-11,13H,12H2,1-4H3,(H,22,25). The van der Waals surface area contributed by atoms with Crippen molar-refractivity contribution in [3.05, 3.63) is 52.5 Å². The molecule has 0 aliphatic rings. The molecule has 1 N–H and O–H groups in total. The van der Waals surface area contributed by atoms with E-state index in [1.807, 2.05) is 0 Å². The third-order valence-corrected chi connectivity index (χ3v) is 4.37. The highest BCUT2D eigenvalue weighted by Gasteiger charge is 2.11.